The molecule has 82 valence electrons. The minimum absolute atomic E-state index is 1.29. The summed E-state index contributed by atoms with van der Waals surface area (Å²) in [7, 11) is 0. The van der Waals surface area contributed by atoms with Gasteiger partial charge in [0.25, 0.3) is 0 Å². The molecule has 0 aliphatic heterocycles. The van der Waals surface area contributed by atoms with E-state index in [0.29, 0.717) is 0 Å². The summed E-state index contributed by atoms with van der Waals surface area (Å²) in [4.78, 5) is 0. The largest absolute Gasteiger partial charge is 0.0577 e. The molecule has 0 fully saturated rings. The summed E-state index contributed by atoms with van der Waals surface area (Å²) in [5.74, 6) is 0. The zero-order valence-corrected chi connectivity index (χ0v) is 13.5. The molecule has 0 unspecified atom stereocenters. The molecule has 0 aliphatic rings. The highest BCUT2D eigenvalue weighted by Gasteiger charge is 2.04. The molecule has 0 saturated heterocycles. The zero-order chi connectivity index (χ0) is 11.7. The molecule has 0 heterocycles. The molecular weight excluding hydrogens is 422 g/mol. The van der Waals surface area contributed by atoms with Crippen molar-refractivity contribution in [1.82, 2.24) is 0 Å². The lowest BCUT2D eigenvalue weighted by Crippen LogP contribution is -1.87. The standard InChI is InChI=1S/C14H12I2/c1-9-5-11(7-13(16)6-9)14-8-12(15)4-3-10(14)2/h3-8H,1-2H3. The Labute approximate surface area is 124 Å². The average Bonchev–Trinajstić information content (AvgIpc) is 2.20. The van der Waals surface area contributed by atoms with Crippen LogP contribution in [0, 0.1) is 21.0 Å². The van der Waals surface area contributed by atoms with Crippen LogP contribution in [-0.4, -0.2) is 0 Å². The number of benzene rings is 2. The summed E-state index contributed by atoms with van der Waals surface area (Å²) in [6.45, 7) is 4.31. The highest BCUT2D eigenvalue weighted by Crippen LogP contribution is 2.27. The molecule has 0 spiro atoms. The van der Waals surface area contributed by atoms with Crippen molar-refractivity contribution in [3.8, 4) is 11.1 Å². The Morgan fingerprint density at radius 2 is 1.56 bits per heavy atom. The quantitative estimate of drug-likeness (QED) is 0.543. The van der Waals surface area contributed by atoms with Crippen LogP contribution in [0.15, 0.2) is 36.4 Å². The predicted octanol–water partition coefficient (Wildman–Crippen LogP) is 5.18. The van der Waals surface area contributed by atoms with Gasteiger partial charge in [0.2, 0.25) is 0 Å². The fraction of sp³-hybridized carbons (Fsp3) is 0.143. The second-order valence-corrected chi connectivity index (χ2v) is 6.47. The minimum atomic E-state index is 1.29. The van der Waals surface area contributed by atoms with Gasteiger partial charge in [0.15, 0.2) is 0 Å². The lowest BCUT2D eigenvalue weighted by atomic mass is 9.99. The summed E-state index contributed by atoms with van der Waals surface area (Å²) < 4.78 is 2.58. The van der Waals surface area contributed by atoms with Crippen LogP contribution in [0.4, 0.5) is 0 Å². The first kappa shape index (κ1) is 12.4. The lowest BCUT2D eigenvalue weighted by Gasteiger charge is -2.08. The molecule has 0 aliphatic carbocycles. The first-order chi connectivity index (χ1) is 7.56. The average molecular weight is 434 g/mol. The maximum Gasteiger partial charge on any atom is 0.0139 e. The van der Waals surface area contributed by atoms with E-state index in [-0.39, 0.29) is 0 Å². The molecule has 2 aromatic rings. The number of halogens is 2. The molecule has 0 atom stereocenters. The third-order valence-electron chi connectivity index (χ3n) is 2.55. The van der Waals surface area contributed by atoms with E-state index in [9.17, 15) is 0 Å². The van der Waals surface area contributed by atoms with E-state index >= 15 is 0 Å². The van der Waals surface area contributed by atoms with Crippen molar-refractivity contribution >= 4 is 45.2 Å². The van der Waals surface area contributed by atoms with Gasteiger partial charge in [0, 0.05) is 7.14 Å². The van der Waals surface area contributed by atoms with Crippen LogP contribution < -0.4 is 0 Å². The van der Waals surface area contributed by atoms with Crippen LogP contribution in [0.5, 0.6) is 0 Å². The van der Waals surface area contributed by atoms with Gasteiger partial charge >= 0.3 is 0 Å². The van der Waals surface area contributed by atoms with E-state index in [0.717, 1.165) is 0 Å². The maximum absolute atomic E-state index is 2.38. The van der Waals surface area contributed by atoms with Crippen molar-refractivity contribution in [2.24, 2.45) is 0 Å². The number of hydrogen-bond donors (Lipinski definition) is 0. The number of aryl methyl sites for hydroxylation is 2. The molecule has 2 heteroatoms. The topological polar surface area (TPSA) is 0 Å². The van der Waals surface area contributed by atoms with Gasteiger partial charge in [-0.2, -0.15) is 0 Å². The van der Waals surface area contributed by atoms with E-state index < -0.39 is 0 Å². The Hall–Kier alpha value is -0.100. The molecule has 2 aromatic carbocycles. The monoisotopic (exact) mass is 434 g/mol. The summed E-state index contributed by atoms with van der Waals surface area (Å²) in [5, 5.41) is 0. The fourth-order valence-corrected chi connectivity index (χ4v) is 3.11. The van der Waals surface area contributed by atoms with Gasteiger partial charge in [-0.25, -0.2) is 0 Å². The highest BCUT2D eigenvalue weighted by atomic mass is 127. The molecule has 0 bridgehead atoms. The molecule has 16 heavy (non-hydrogen) atoms. The van der Waals surface area contributed by atoms with Crippen molar-refractivity contribution in [3.63, 3.8) is 0 Å². The summed E-state index contributed by atoms with van der Waals surface area (Å²) in [6, 6.07) is 13.3. The van der Waals surface area contributed by atoms with Crippen LogP contribution in [0.3, 0.4) is 0 Å². The van der Waals surface area contributed by atoms with Crippen molar-refractivity contribution in [2.75, 3.05) is 0 Å². The van der Waals surface area contributed by atoms with E-state index in [4.69, 9.17) is 0 Å². The van der Waals surface area contributed by atoms with Gasteiger partial charge in [-0.1, -0.05) is 12.1 Å². The third kappa shape index (κ3) is 2.77. The van der Waals surface area contributed by atoms with E-state index in [1.807, 2.05) is 0 Å². The van der Waals surface area contributed by atoms with Crippen LogP contribution in [0.25, 0.3) is 11.1 Å². The predicted molar refractivity (Wildman–Crippen MR) is 86.8 cm³/mol. The molecular formula is C14H12I2. The van der Waals surface area contributed by atoms with Crippen LogP contribution in [-0.2, 0) is 0 Å². The first-order valence-electron chi connectivity index (χ1n) is 5.10. The molecule has 0 aromatic heterocycles. The Bertz CT molecular complexity index is 510. The van der Waals surface area contributed by atoms with Crippen LogP contribution >= 0.6 is 45.2 Å². The first-order valence-corrected chi connectivity index (χ1v) is 7.26. The molecule has 0 N–H and O–H groups in total. The summed E-state index contributed by atoms with van der Waals surface area (Å²) in [5.41, 5.74) is 5.32. The van der Waals surface area contributed by atoms with Gasteiger partial charge in [0.1, 0.15) is 0 Å². The van der Waals surface area contributed by atoms with E-state index in [1.54, 1.807) is 0 Å². The zero-order valence-electron chi connectivity index (χ0n) is 9.22. The molecule has 2 rings (SSSR count). The second-order valence-electron chi connectivity index (χ2n) is 3.98. The Morgan fingerprint density at radius 1 is 0.812 bits per heavy atom. The Kier molecular flexibility index (Phi) is 3.89. The Morgan fingerprint density at radius 3 is 2.25 bits per heavy atom. The fourth-order valence-electron chi connectivity index (χ4n) is 1.80. The van der Waals surface area contributed by atoms with Crippen molar-refractivity contribution in [1.29, 1.82) is 0 Å². The molecule has 0 radical (unpaired) electrons. The summed E-state index contributed by atoms with van der Waals surface area (Å²) in [6.07, 6.45) is 0. The smallest absolute Gasteiger partial charge is 0.0139 e. The van der Waals surface area contributed by atoms with Crippen LogP contribution in [0.2, 0.25) is 0 Å². The molecule has 0 nitrogen and oxygen atoms in total. The summed E-state index contributed by atoms with van der Waals surface area (Å²) >= 11 is 4.74. The van der Waals surface area contributed by atoms with Crippen molar-refractivity contribution in [2.45, 2.75) is 13.8 Å². The van der Waals surface area contributed by atoms with E-state index in [2.05, 4.69) is 95.4 Å². The van der Waals surface area contributed by atoms with Gasteiger partial charge in [-0.3, -0.25) is 0 Å². The normalized spacial score (nSPS) is 10.5. The molecule has 0 saturated carbocycles. The van der Waals surface area contributed by atoms with E-state index in [1.165, 1.54) is 29.4 Å². The number of hydrogen-bond acceptors (Lipinski definition) is 0. The highest BCUT2D eigenvalue weighted by molar-refractivity contribution is 14.1. The van der Waals surface area contributed by atoms with Gasteiger partial charge in [-0.05, 0) is 106 Å². The van der Waals surface area contributed by atoms with Crippen LogP contribution in [0.1, 0.15) is 11.1 Å². The number of rotatable bonds is 1. The second kappa shape index (κ2) is 5.04. The minimum Gasteiger partial charge on any atom is -0.0577 e. The lowest BCUT2D eigenvalue weighted by molar-refractivity contribution is 1.40. The van der Waals surface area contributed by atoms with Gasteiger partial charge < -0.3 is 0 Å². The SMILES string of the molecule is Cc1cc(I)cc(-c2cc(I)ccc2C)c1. The van der Waals surface area contributed by atoms with Gasteiger partial charge in [-0.15, -0.1) is 0 Å². The van der Waals surface area contributed by atoms with Crippen molar-refractivity contribution < 1.29 is 0 Å². The van der Waals surface area contributed by atoms with Gasteiger partial charge in [0.05, 0.1) is 0 Å². The van der Waals surface area contributed by atoms with Crippen molar-refractivity contribution in [3.05, 3.63) is 54.7 Å². The molecule has 0 amide bonds. The Balaban J connectivity index is 2.62. The maximum atomic E-state index is 2.38. The third-order valence-corrected chi connectivity index (χ3v) is 3.85.